The number of alkyl halides is 1. The van der Waals surface area contributed by atoms with Crippen molar-refractivity contribution in [1.29, 1.82) is 0 Å². The number of rotatable bonds is 5. The third kappa shape index (κ3) is 3.19. The van der Waals surface area contributed by atoms with E-state index in [1.54, 1.807) is 10.7 Å². The van der Waals surface area contributed by atoms with Gasteiger partial charge in [0.25, 0.3) is 0 Å². The van der Waals surface area contributed by atoms with Crippen molar-refractivity contribution in [2.45, 2.75) is 18.8 Å². The van der Waals surface area contributed by atoms with Crippen LogP contribution in [0.2, 0.25) is 0 Å². The van der Waals surface area contributed by atoms with Gasteiger partial charge < -0.3 is 0 Å². The Bertz CT molecular complexity index is 510. The maximum absolute atomic E-state index is 13.7. The lowest BCUT2D eigenvalue weighted by atomic mass is 9.94. The first kappa shape index (κ1) is 13.3. The molecule has 96 valence electrons. The first-order chi connectivity index (χ1) is 8.70. The largest absolute Gasteiger partial charge is 0.276 e. The molecule has 0 saturated carbocycles. The summed E-state index contributed by atoms with van der Waals surface area (Å²) in [6.45, 7) is 0. The Balaban J connectivity index is 2.04. The summed E-state index contributed by atoms with van der Waals surface area (Å²) in [6, 6.07) is 7.00. The Hall–Kier alpha value is -1.16. The standard InChI is InChI=1S/C14H16BrFN2/c1-18-10-11(9-17-18)6-7-12(8-15)13-4-2-3-5-14(13)16/h2-5,9-10,12H,6-8H2,1H3. The molecule has 1 aromatic carbocycles. The van der Waals surface area contributed by atoms with Crippen molar-refractivity contribution in [3.63, 3.8) is 0 Å². The van der Waals surface area contributed by atoms with Crippen LogP contribution in [0, 0.1) is 5.82 Å². The smallest absolute Gasteiger partial charge is 0.126 e. The molecular weight excluding hydrogens is 295 g/mol. The van der Waals surface area contributed by atoms with E-state index in [2.05, 4.69) is 21.0 Å². The molecule has 0 spiro atoms. The molecule has 0 aliphatic carbocycles. The first-order valence-electron chi connectivity index (χ1n) is 5.98. The minimum Gasteiger partial charge on any atom is -0.276 e. The average molecular weight is 311 g/mol. The topological polar surface area (TPSA) is 17.8 Å². The van der Waals surface area contributed by atoms with Crippen LogP contribution in [0.4, 0.5) is 4.39 Å². The van der Waals surface area contributed by atoms with Gasteiger partial charge in [-0.1, -0.05) is 34.1 Å². The SMILES string of the molecule is Cn1cc(CCC(CBr)c2ccccc2F)cn1. The van der Waals surface area contributed by atoms with Crippen LogP contribution in [0.25, 0.3) is 0 Å². The Morgan fingerprint density at radius 2 is 2.17 bits per heavy atom. The van der Waals surface area contributed by atoms with Crippen molar-refractivity contribution in [3.8, 4) is 0 Å². The van der Waals surface area contributed by atoms with Gasteiger partial charge in [0.2, 0.25) is 0 Å². The molecule has 4 heteroatoms. The maximum atomic E-state index is 13.7. The highest BCUT2D eigenvalue weighted by atomic mass is 79.9. The maximum Gasteiger partial charge on any atom is 0.126 e. The van der Waals surface area contributed by atoms with Crippen molar-refractivity contribution in [2.75, 3.05) is 5.33 Å². The fourth-order valence-corrected chi connectivity index (χ4v) is 2.74. The minimum atomic E-state index is -0.117. The molecule has 0 saturated heterocycles. The molecule has 1 atom stereocenters. The number of nitrogens with zero attached hydrogens (tertiary/aromatic N) is 2. The van der Waals surface area contributed by atoms with E-state index in [1.807, 2.05) is 31.6 Å². The summed E-state index contributed by atoms with van der Waals surface area (Å²) < 4.78 is 15.5. The molecule has 2 aromatic rings. The van der Waals surface area contributed by atoms with Crippen LogP contribution >= 0.6 is 15.9 Å². The van der Waals surface area contributed by atoms with Crippen LogP contribution in [0.5, 0.6) is 0 Å². The van der Waals surface area contributed by atoms with Gasteiger partial charge in [0, 0.05) is 18.6 Å². The highest BCUT2D eigenvalue weighted by molar-refractivity contribution is 9.09. The Morgan fingerprint density at radius 3 is 2.78 bits per heavy atom. The lowest BCUT2D eigenvalue weighted by Gasteiger charge is -2.14. The quantitative estimate of drug-likeness (QED) is 0.770. The second kappa shape index (κ2) is 6.14. The Morgan fingerprint density at radius 1 is 1.39 bits per heavy atom. The normalized spacial score (nSPS) is 12.6. The fraction of sp³-hybridized carbons (Fsp3) is 0.357. The average Bonchev–Trinajstić information content (AvgIpc) is 2.78. The number of aromatic nitrogens is 2. The summed E-state index contributed by atoms with van der Waals surface area (Å²) >= 11 is 3.48. The van der Waals surface area contributed by atoms with Crippen molar-refractivity contribution in [2.24, 2.45) is 7.05 Å². The molecule has 2 rings (SSSR count). The predicted octanol–water partition coefficient (Wildman–Crippen LogP) is 3.67. The van der Waals surface area contributed by atoms with Gasteiger partial charge >= 0.3 is 0 Å². The number of benzene rings is 1. The summed E-state index contributed by atoms with van der Waals surface area (Å²) in [5.74, 6) is 0.0829. The van der Waals surface area contributed by atoms with E-state index in [4.69, 9.17) is 0 Å². The number of halogens is 2. The van der Waals surface area contributed by atoms with Gasteiger partial charge in [-0.05, 0) is 36.0 Å². The van der Waals surface area contributed by atoms with Crippen molar-refractivity contribution in [1.82, 2.24) is 9.78 Å². The van der Waals surface area contributed by atoms with Crippen LogP contribution in [-0.2, 0) is 13.5 Å². The van der Waals surface area contributed by atoms with Crippen LogP contribution in [0.15, 0.2) is 36.7 Å². The van der Waals surface area contributed by atoms with Gasteiger partial charge in [-0.15, -0.1) is 0 Å². The molecule has 0 amide bonds. The summed E-state index contributed by atoms with van der Waals surface area (Å²) in [4.78, 5) is 0. The number of hydrogen-bond acceptors (Lipinski definition) is 1. The Kier molecular flexibility index (Phi) is 4.53. The zero-order valence-corrected chi connectivity index (χ0v) is 11.9. The molecule has 2 nitrogen and oxygen atoms in total. The molecule has 18 heavy (non-hydrogen) atoms. The zero-order valence-electron chi connectivity index (χ0n) is 10.3. The highest BCUT2D eigenvalue weighted by Crippen LogP contribution is 2.26. The van der Waals surface area contributed by atoms with E-state index in [1.165, 1.54) is 11.6 Å². The molecule has 0 N–H and O–H groups in total. The van der Waals surface area contributed by atoms with Crippen LogP contribution in [0.1, 0.15) is 23.5 Å². The zero-order chi connectivity index (χ0) is 13.0. The van der Waals surface area contributed by atoms with E-state index in [0.29, 0.717) is 0 Å². The summed E-state index contributed by atoms with van der Waals surface area (Å²) in [5.41, 5.74) is 1.98. The lowest BCUT2D eigenvalue weighted by Crippen LogP contribution is -2.04. The van der Waals surface area contributed by atoms with Crippen LogP contribution < -0.4 is 0 Å². The van der Waals surface area contributed by atoms with Crippen LogP contribution in [-0.4, -0.2) is 15.1 Å². The van der Waals surface area contributed by atoms with Crippen molar-refractivity contribution < 1.29 is 4.39 Å². The van der Waals surface area contributed by atoms with Crippen LogP contribution in [0.3, 0.4) is 0 Å². The second-order valence-corrected chi connectivity index (χ2v) is 5.08. The van der Waals surface area contributed by atoms with Crippen molar-refractivity contribution in [3.05, 3.63) is 53.6 Å². The first-order valence-corrected chi connectivity index (χ1v) is 7.10. The van der Waals surface area contributed by atoms with Gasteiger partial charge in [0.15, 0.2) is 0 Å². The molecule has 0 radical (unpaired) electrons. The molecule has 0 aliphatic heterocycles. The third-order valence-electron chi connectivity index (χ3n) is 3.07. The predicted molar refractivity (Wildman–Crippen MR) is 74.5 cm³/mol. The van der Waals surface area contributed by atoms with E-state index >= 15 is 0 Å². The summed E-state index contributed by atoms with van der Waals surface area (Å²) in [5, 5.41) is 4.91. The van der Waals surface area contributed by atoms with E-state index in [9.17, 15) is 4.39 Å². The second-order valence-electron chi connectivity index (χ2n) is 4.43. The molecular formula is C14H16BrFN2. The lowest BCUT2D eigenvalue weighted by molar-refractivity contribution is 0.578. The fourth-order valence-electron chi connectivity index (χ4n) is 2.06. The molecule has 1 unspecified atom stereocenters. The van der Waals surface area contributed by atoms with Gasteiger partial charge in [-0.25, -0.2) is 4.39 Å². The number of hydrogen-bond donors (Lipinski definition) is 0. The minimum absolute atomic E-state index is 0.117. The third-order valence-corrected chi connectivity index (χ3v) is 3.85. The Labute approximate surface area is 115 Å². The van der Waals surface area contributed by atoms with Gasteiger partial charge in [-0.3, -0.25) is 4.68 Å². The van der Waals surface area contributed by atoms with Gasteiger partial charge in [0.1, 0.15) is 5.82 Å². The van der Waals surface area contributed by atoms with Gasteiger partial charge in [0.05, 0.1) is 6.20 Å². The summed E-state index contributed by atoms with van der Waals surface area (Å²) in [7, 11) is 1.91. The molecule has 0 fully saturated rings. The molecule has 0 aliphatic rings. The highest BCUT2D eigenvalue weighted by Gasteiger charge is 2.14. The monoisotopic (exact) mass is 310 g/mol. The van der Waals surface area contributed by atoms with E-state index in [0.717, 1.165) is 23.7 Å². The van der Waals surface area contributed by atoms with Gasteiger partial charge in [-0.2, -0.15) is 5.10 Å². The molecule has 1 heterocycles. The van der Waals surface area contributed by atoms with E-state index in [-0.39, 0.29) is 11.7 Å². The van der Waals surface area contributed by atoms with E-state index < -0.39 is 0 Å². The number of aryl methyl sites for hydroxylation is 2. The summed E-state index contributed by atoms with van der Waals surface area (Å²) in [6.07, 6.45) is 5.70. The molecule has 0 bridgehead atoms. The van der Waals surface area contributed by atoms with Crippen molar-refractivity contribution >= 4 is 15.9 Å². The molecule has 1 aromatic heterocycles.